The highest BCUT2D eigenvalue weighted by Gasteiger charge is 2.19. The molecule has 20 heavy (non-hydrogen) atoms. The smallest absolute Gasteiger partial charge is 0.119 e. The Morgan fingerprint density at radius 2 is 1.90 bits per heavy atom. The number of rotatable bonds is 8. The van der Waals surface area contributed by atoms with E-state index in [-0.39, 0.29) is 6.10 Å². The van der Waals surface area contributed by atoms with Gasteiger partial charge in [0, 0.05) is 0 Å². The molecule has 0 aliphatic heterocycles. The molecule has 1 saturated carbocycles. The van der Waals surface area contributed by atoms with Crippen LogP contribution in [0.1, 0.15) is 57.4 Å². The number of hydrogen-bond donors (Lipinski definition) is 1. The van der Waals surface area contributed by atoms with Crippen LogP contribution in [0.4, 0.5) is 0 Å². The van der Waals surface area contributed by atoms with Gasteiger partial charge in [-0.05, 0) is 42.9 Å². The van der Waals surface area contributed by atoms with Gasteiger partial charge in [-0.25, -0.2) is 0 Å². The first-order chi connectivity index (χ1) is 9.78. The molecule has 1 aromatic carbocycles. The molecule has 2 heteroatoms. The third kappa shape index (κ3) is 5.16. The Labute approximate surface area is 123 Å². The van der Waals surface area contributed by atoms with E-state index in [9.17, 15) is 5.11 Å². The van der Waals surface area contributed by atoms with E-state index in [4.69, 9.17) is 4.74 Å². The van der Waals surface area contributed by atoms with Crippen molar-refractivity contribution < 1.29 is 9.84 Å². The number of ether oxygens (including phenoxy) is 1. The molecule has 0 aromatic heterocycles. The molecule has 1 fully saturated rings. The zero-order valence-corrected chi connectivity index (χ0v) is 12.7. The molecule has 2 rings (SSSR count). The van der Waals surface area contributed by atoms with Gasteiger partial charge in [0.1, 0.15) is 12.4 Å². The van der Waals surface area contributed by atoms with Crippen LogP contribution >= 0.6 is 0 Å². The van der Waals surface area contributed by atoms with Gasteiger partial charge in [-0.3, -0.25) is 0 Å². The van der Waals surface area contributed by atoms with Crippen molar-refractivity contribution in [2.75, 3.05) is 6.61 Å². The highest BCUT2D eigenvalue weighted by Crippen LogP contribution is 2.28. The molecule has 0 saturated heterocycles. The van der Waals surface area contributed by atoms with Crippen LogP contribution in [0.5, 0.6) is 5.75 Å². The van der Waals surface area contributed by atoms with Crippen molar-refractivity contribution in [3.05, 3.63) is 29.8 Å². The molecule has 0 radical (unpaired) electrons. The Bertz CT molecular complexity index is 366. The van der Waals surface area contributed by atoms with Gasteiger partial charge < -0.3 is 9.84 Å². The fraction of sp³-hybridized carbons (Fsp3) is 0.667. The summed E-state index contributed by atoms with van der Waals surface area (Å²) < 4.78 is 5.69. The largest absolute Gasteiger partial charge is 0.491 e. The molecular weight excluding hydrogens is 248 g/mol. The third-order valence-electron chi connectivity index (χ3n) is 4.26. The zero-order valence-electron chi connectivity index (χ0n) is 12.7. The van der Waals surface area contributed by atoms with Gasteiger partial charge in [-0.15, -0.1) is 0 Å². The van der Waals surface area contributed by atoms with Gasteiger partial charge in [0.25, 0.3) is 0 Å². The van der Waals surface area contributed by atoms with Crippen molar-refractivity contribution >= 4 is 0 Å². The maximum Gasteiger partial charge on any atom is 0.119 e. The molecule has 1 aliphatic rings. The first-order valence-corrected chi connectivity index (χ1v) is 8.17. The lowest BCUT2D eigenvalue weighted by Gasteiger charge is -2.16. The predicted octanol–water partition coefficient (Wildman–Crippen LogP) is 4.35. The van der Waals surface area contributed by atoms with E-state index < -0.39 is 0 Å². The normalized spacial score (nSPS) is 17.3. The Morgan fingerprint density at radius 3 is 2.55 bits per heavy atom. The van der Waals surface area contributed by atoms with E-state index in [0.717, 1.165) is 18.6 Å². The highest BCUT2D eigenvalue weighted by atomic mass is 16.5. The lowest BCUT2D eigenvalue weighted by atomic mass is 10.0. The summed E-state index contributed by atoms with van der Waals surface area (Å²) in [6.45, 7) is 2.63. The van der Waals surface area contributed by atoms with Crippen molar-refractivity contribution in [2.24, 2.45) is 5.92 Å². The standard InChI is InChI=1S/C18H28O2/c1-2-3-6-15-9-11-18(12-10-15)20-14-17(19)13-16-7-4-5-8-16/h9-12,16-17,19H,2-8,13-14H2,1H3. The van der Waals surface area contributed by atoms with Crippen LogP contribution in [0.2, 0.25) is 0 Å². The molecular formula is C18H28O2. The zero-order chi connectivity index (χ0) is 14.2. The third-order valence-corrected chi connectivity index (χ3v) is 4.26. The summed E-state index contributed by atoms with van der Waals surface area (Å²) >= 11 is 0. The van der Waals surface area contributed by atoms with Crippen LogP contribution in [0, 0.1) is 5.92 Å². The number of benzene rings is 1. The van der Waals surface area contributed by atoms with Crippen LogP contribution in [-0.4, -0.2) is 17.8 Å². The number of aliphatic hydroxyl groups is 1. The second-order valence-electron chi connectivity index (χ2n) is 6.10. The van der Waals surface area contributed by atoms with Gasteiger partial charge in [-0.2, -0.15) is 0 Å². The minimum atomic E-state index is -0.321. The van der Waals surface area contributed by atoms with E-state index in [2.05, 4.69) is 19.1 Å². The molecule has 0 amide bonds. The second-order valence-corrected chi connectivity index (χ2v) is 6.10. The van der Waals surface area contributed by atoms with Crippen LogP contribution in [-0.2, 0) is 6.42 Å². The van der Waals surface area contributed by atoms with Crippen LogP contribution < -0.4 is 4.74 Å². The lowest BCUT2D eigenvalue weighted by Crippen LogP contribution is -2.20. The average molecular weight is 276 g/mol. The monoisotopic (exact) mass is 276 g/mol. The summed E-state index contributed by atoms with van der Waals surface area (Å²) in [6, 6.07) is 8.31. The van der Waals surface area contributed by atoms with E-state index in [0.29, 0.717) is 12.5 Å². The van der Waals surface area contributed by atoms with Gasteiger partial charge >= 0.3 is 0 Å². The van der Waals surface area contributed by atoms with Crippen molar-refractivity contribution in [3.8, 4) is 5.75 Å². The Kier molecular flexibility index (Phi) is 6.38. The minimum absolute atomic E-state index is 0.321. The minimum Gasteiger partial charge on any atom is -0.491 e. The molecule has 112 valence electrons. The molecule has 1 atom stereocenters. The van der Waals surface area contributed by atoms with Crippen molar-refractivity contribution in [2.45, 2.75) is 64.4 Å². The summed E-state index contributed by atoms with van der Waals surface area (Å²) in [5, 5.41) is 10.0. The summed E-state index contributed by atoms with van der Waals surface area (Å²) in [5.74, 6) is 1.58. The number of aryl methyl sites for hydroxylation is 1. The van der Waals surface area contributed by atoms with E-state index >= 15 is 0 Å². The van der Waals surface area contributed by atoms with Crippen molar-refractivity contribution in [1.29, 1.82) is 0 Å². The SMILES string of the molecule is CCCCc1ccc(OCC(O)CC2CCCC2)cc1. The Hall–Kier alpha value is -1.02. The van der Waals surface area contributed by atoms with Crippen molar-refractivity contribution in [1.82, 2.24) is 0 Å². The quantitative estimate of drug-likeness (QED) is 0.765. The molecule has 0 spiro atoms. The lowest BCUT2D eigenvalue weighted by molar-refractivity contribution is 0.0855. The van der Waals surface area contributed by atoms with Crippen molar-refractivity contribution in [3.63, 3.8) is 0 Å². The Balaban J connectivity index is 1.69. The first kappa shape index (κ1) is 15.4. The molecule has 1 aliphatic carbocycles. The number of aliphatic hydroxyl groups excluding tert-OH is 1. The van der Waals surface area contributed by atoms with E-state index in [1.807, 2.05) is 12.1 Å². The summed E-state index contributed by atoms with van der Waals surface area (Å²) in [7, 11) is 0. The Morgan fingerprint density at radius 1 is 1.20 bits per heavy atom. The van der Waals surface area contributed by atoms with Crippen LogP contribution in [0.25, 0.3) is 0 Å². The number of hydrogen-bond acceptors (Lipinski definition) is 2. The predicted molar refractivity (Wildman–Crippen MR) is 83.1 cm³/mol. The van der Waals surface area contributed by atoms with Gasteiger partial charge in [-0.1, -0.05) is 51.2 Å². The topological polar surface area (TPSA) is 29.5 Å². The molecule has 1 aromatic rings. The number of unbranched alkanes of at least 4 members (excludes halogenated alkanes) is 1. The van der Waals surface area contributed by atoms with Gasteiger partial charge in [0.05, 0.1) is 6.10 Å². The summed E-state index contributed by atoms with van der Waals surface area (Å²) in [5.41, 5.74) is 1.37. The van der Waals surface area contributed by atoms with E-state index in [1.54, 1.807) is 0 Å². The maximum atomic E-state index is 10.0. The van der Waals surface area contributed by atoms with E-state index in [1.165, 1.54) is 44.1 Å². The fourth-order valence-electron chi connectivity index (χ4n) is 3.02. The van der Waals surface area contributed by atoms with Gasteiger partial charge in [0.15, 0.2) is 0 Å². The maximum absolute atomic E-state index is 10.0. The van der Waals surface area contributed by atoms with Crippen LogP contribution in [0.15, 0.2) is 24.3 Å². The average Bonchev–Trinajstić information content (AvgIpc) is 2.97. The summed E-state index contributed by atoms with van der Waals surface area (Å²) in [4.78, 5) is 0. The molecule has 0 heterocycles. The fourth-order valence-corrected chi connectivity index (χ4v) is 3.02. The molecule has 1 unspecified atom stereocenters. The first-order valence-electron chi connectivity index (χ1n) is 8.17. The molecule has 1 N–H and O–H groups in total. The second kappa shape index (κ2) is 8.31. The molecule has 0 bridgehead atoms. The van der Waals surface area contributed by atoms with Crippen LogP contribution in [0.3, 0.4) is 0 Å². The van der Waals surface area contributed by atoms with Gasteiger partial charge in [0.2, 0.25) is 0 Å². The summed E-state index contributed by atoms with van der Waals surface area (Å²) in [6.07, 6.45) is 9.40. The molecule has 2 nitrogen and oxygen atoms in total. The highest BCUT2D eigenvalue weighted by molar-refractivity contribution is 5.27.